The van der Waals surface area contributed by atoms with Crippen LogP contribution in [0.2, 0.25) is 0 Å². The van der Waals surface area contributed by atoms with Crippen molar-refractivity contribution >= 4 is 16.1 Å². The van der Waals surface area contributed by atoms with Gasteiger partial charge in [0.05, 0.1) is 12.5 Å². The molecule has 1 atom stereocenters. The first kappa shape index (κ1) is 27.5. The summed E-state index contributed by atoms with van der Waals surface area (Å²) in [7, 11) is -6.44. The number of ether oxygens (including phenoxy) is 1. The quantitative estimate of drug-likeness (QED) is 0.180. The second-order valence-electron chi connectivity index (χ2n) is 7.72. The lowest BCUT2D eigenvalue weighted by molar-refractivity contribution is -0.146. The number of alkyl halides is 6. The Morgan fingerprint density at radius 2 is 1.56 bits per heavy atom. The van der Waals surface area contributed by atoms with Gasteiger partial charge >= 0.3 is 27.8 Å². The first-order chi connectivity index (χ1) is 15.6. The normalized spacial score (nSPS) is 13.6. The van der Waals surface area contributed by atoms with E-state index in [1.54, 1.807) is 19.9 Å². The van der Waals surface area contributed by atoms with Gasteiger partial charge in [-0.05, 0) is 48.1 Å². The number of carbonyl (C=O) groups excluding carboxylic acids is 1. The molecule has 188 valence electrons. The van der Waals surface area contributed by atoms with Gasteiger partial charge in [0.2, 0.25) is 0 Å². The van der Waals surface area contributed by atoms with Gasteiger partial charge in [-0.15, -0.1) is 0 Å². The number of hydrogen-bond donors (Lipinski definition) is 0. The number of rotatable bonds is 8. The molecule has 0 saturated heterocycles. The molecule has 0 amide bonds. The van der Waals surface area contributed by atoms with Crippen molar-refractivity contribution in [2.75, 3.05) is 6.61 Å². The Bertz CT molecular complexity index is 1110. The van der Waals surface area contributed by atoms with Crippen LogP contribution < -0.4 is 4.18 Å². The summed E-state index contributed by atoms with van der Waals surface area (Å²) < 4.78 is 114. The van der Waals surface area contributed by atoms with Crippen LogP contribution in [0.1, 0.15) is 44.2 Å². The predicted molar refractivity (Wildman–Crippen MR) is 111 cm³/mol. The van der Waals surface area contributed by atoms with Crippen LogP contribution in [0.3, 0.4) is 0 Å². The molecule has 0 N–H and O–H groups in total. The van der Waals surface area contributed by atoms with Crippen LogP contribution in [0, 0.1) is 5.92 Å². The van der Waals surface area contributed by atoms with Crippen molar-refractivity contribution in [2.24, 2.45) is 5.92 Å². The van der Waals surface area contributed by atoms with Gasteiger partial charge in [0, 0.05) is 0 Å². The minimum Gasteiger partial charge on any atom is -0.466 e. The van der Waals surface area contributed by atoms with Gasteiger partial charge in [0.25, 0.3) is 0 Å². The zero-order chi connectivity index (χ0) is 25.9. The van der Waals surface area contributed by atoms with Crippen LogP contribution in [0.15, 0.2) is 42.5 Å². The summed E-state index contributed by atoms with van der Waals surface area (Å²) in [6.45, 7) is 4.55. The molecule has 2 aromatic rings. The summed E-state index contributed by atoms with van der Waals surface area (Å²) in [5, 5.41) is 0. The van der Waals surface area contributed by atoms with Crippen molar-refractivity contribution in [3.8, 4) is 16.9 Å². The lowest BCUT2D eigenvalue weighted by Crippen LogP contribution is -2.29. The SMILES string of the molecule is CCOC(=O)C(CC(C)C)c1cc(-c2ccccc2)cc(OS(=O)(=O)C(F)(F)F)c1C(F)(F)F. The molecule has 5 nitrogen and oxygen atoms in total. The van der Waals surface area contributed by atoms with E-state index in [0.717, 1.165) is 6.07 Å². The Morgan fingerprint density at radius 1 is 0.971 bits per heavy atom. The minimum atomic E-state index is -6.44. The smallest absolute Gasteiger partial charge is 0.466 e. The lowest BCUT2D eigenvalue weighted by atomic mass is 9.85. The first-order valence-corrected chi connectivity index (χ1v) is 11.5. The summed E-state index contributed by atoms with van der Waals surface area (Å²) in [5.74, 6) is -4.48. The molecular formula is C22H22F6O5S. The largest absolute Gasteiger partial charge is 0.534 e. The number of hydrogen-bond acceptors (Lipinski definition) is 5. The minimum absolute atomic E-state index is 0.0750. The maximum absolute atomic E-state index is 14.2. The van der Waals surface area contributed by atoms with Gasteiger partial charge in [0.1, 0.15) is 5.56 Å². The topological polar surface area (TPSA) is 69.7 Å². The maximum atomic E-state index is 14.2. The van der Waals surface area contributed by atoms with E-state index in [1.165, 1.54) is 31.2 Å². The fraction of sp³-hybridized carbons (Fsp3) is 0.409. The first-order valence-electron chi connectivity index (χ1n) is 10.1. The van der Waals surface area contributed by atoms with Gasteiger partial charge in [-0.1, -0.05) is 44.2 Å². The van der Waals surface area contributed by atoms with E-state index in [-0.39, 0.29) is 30.1 Å². The second-order valence-corrected chi connectivity index (χ2v) is 9.26. The molecule has 12 heteroatoms. The molecular weight excluding hydrogens is 490 g/mol. The molecule has 0 aliphatic heterocycles. The van der Waals surface area contributed by atoms with Gasteiger partial charge < -0.3 is 8.92 Å². The number of carbonyl (C=O) groups is 1. The Kier molecular flexibility index (Phi) is 8.28. The van der Waals surface area contributed by atoms with Crippen molar-refractivity contribution in [1.29, 1.82) is 0 Å². The zero-order valence-corrected chi connectivity index (χ0v) is 19.1. The summed E-state index contributed by atoms with van der Waals surface area (Å²) in [4.78, 5) is 12.6. The molecule has 0 aliphatic carbocycles. The number of halogens is 6. The predicted octanol–water partition coefficient (Wildman–Crippen LogP) is 6.29. The van der Waals surface area contributed by atoms with Crippen LogP contribution in [-0.2, 0) is 25.8 Å². The molecule has 2 aromatic carbocycles. The van der Waals surface area contributed by atoms with Crippen molar-refractivity contribution in [3.63, 3.8) is 0 Å². The van der Waals surface area contributed by atoms with Crippen molar-refractivity contribution in [3.05, 3.63) is 53.6 Å². The van der Waals surface area contributed by atoms with Crippen LogP contribution in [0.25, 0.3) is 11.1 Å². The highest BCUT2D eigenvalue weighted by atomic mass is 32.2. The Morgan fingerprint density at radius 3 is 2.03 bits per heavy atom. The van der Waals surface area contributed by atoms with Gasteiger partial charge in [0.15, 0.2) is 5.75 Å². The second kappa shape index (κ2) is 10.2. The molecule has 34 heavy (non-hydrogen) atoms. The Hall–Kier alpha value is -2.76. The molecule has 0 fully saturated rings. The molecule has 0 saturated carbocycles. The fourth-order valence-electron chi connectivity index (χ4n) is 3.31. The summed E-state index contributed by atoms with van der Waals surface area (Å²) in [6.07, 6.45) is -5.51. The number of esters is 1. The van der Waals surface area contributed by atoms with Crippen LogP contribution >= 0.6 is 0 Å². The monoisotopic (exact) mass is 512 g/mol. The molecule has 0 bridgehead atoms. The van der Waals surface area contributed by atoms with Crippen LogP contribution in [0.5, 0.6) is 5.75 Å². The highest BCUT2D eigenvalue weighted by Crippen LogP contribution is 2.46. The highest BCUT2D eigenvalue weighted by molar-refractivity contribution is 7.88. The van der Waals surface area contributed by atoms with Crippen LogP contribution in [-0.4, -0.2) is 26.5 Å². The third kappa shape index (κ3) is 6.43. The molecule has 2 rings (SSSR count). The summed E-state index contributed by atoms with van der Waals surface area (Å²) in [5.41, 5.74) is -8.32. The zero-order valence-electron chi connectivity index (χ0n) is 18.3. The van der Waals surface area contributed by atoms with E-state index in [0.29, 0.717) is 6.07 Å². The molecule has 0 radical (unpaired) electrons. The standard InChI is InChI=1S/C22H22F6O5S/c1-4-32-20(29)17(10-13(2)3)16-11-15(14-8-6-5-7-9-14)12-18(19(16)21(23,24)25)33-34(30,31)22(26,27)28/h5-9,11-13,17H,4,10H2,1-3H3. The van der Waals surface area contributed by atoms with Crippen molar-refractivity contribution in [2.45, 2.75) is 44.8 Å². The number of benzene rings is 2. The molecule has 0 spiro atoms. The fourth-order valence-corrected chi connectivity index (χ4v) is 3.77. The van der Waals surface area contributed by atoms with E-state index in [4.69, 9.17) is 4.74 Å². The average molecular weight is 512 g/mol. The highest BCUT2D eigenvalue weighted by Gasteiger charge is 2.50. The molecule has 0 heterocycles. The molecule has 0 aromatic heterocycles. The van der Waals surface area contributed by atoms with E-state index in [1.807, 2.05) is 0 Å². The lowest BCUT2D eigenvalue weighted by Gasteiger charge is -2.25. The van der Waals surface area contributed by atoms with Crippen LogP contribution in [0.4, 0.5) is 26.3 Å². The summed E-state index contributed by atoms with van der Waals surface area (Å²) in [6, 6.07) is 9.11. The van der Waals surface area contributed by atoms with Gasteiger partial charge in [-0.25, -0.2) is 0 Å². The summed E-state index contributed by atoms with van der Waals surface area (Å²) >= 11 is 0. The van der Waals surface area contributed by atoms with Crippen molar-refractivity contribution < 1.29 is 48.5 Å². The van der Waals surface area contributed by atoms with Crippen molar-refractivity contribution in [1.82, 2.24) is 0 Å². The van der Waals surface area contributed by atoms with Gasteiger partial charge in [-0.3, -0.25) is 4.79 Å². The van der Waals surface area contributed by atoms with E-state index < -0.39 is 50.6 Å². The van der Waals surface area contributed by atoms with E-state index in [9.17, 15) is 39.6 Å². The third-order valence-electron chi connectivity index (χ3n) is 4.66. The maximum Gasteiger partial charge on any atom is 0.534 e. The Balaban J connectivity index is 2.94. The van der Waals surface area contributed by atoms with E-state index >= 15 is 0 Å². The van der Waals surface area contributed by atoms with E-state index in [2.05, 4.69) is 4.18 Å². The third-order valence-corrected chi connectivity index (χ3v) is 5.63. The molecule has 0 aliphatic rings. The van der Waals surface area contributed by atoms with Gasteiger partial charge in [-0.2, -0.15) is 34.8 Å². The average Bonchev–Trinajstić information content (AvgIpc) is 2.70. The Labute approximate surface area is 192 Å². The molecule has 1 unspecified atom stereocenters.